The van der Waals surface area contributed by atoms with Crippen LogP contribution in [0.15, 0.2) is 18.2 Å². The van der Waals surface area contributed by atoms with Gasteiger partial charge in [-0.15, -0.1) is 0 Å². The molecule has 2 rings (SSSR count). The Balaban J connectivity index is 1.96. The van der Waals surface area contributed by atoms with Crippen LogP contribution in [0.2, 0.25) is 0 Å². The summed E-state index contributed by atoms with van der Waals surface area (Å²) in [7, 11) is 2.97. The third-order valence-electron chi connectivity index (χ3n) is 4.41. The fourth-order valence-corrected chi connectivity index (χ4v) is 3.08. The maximum Gasteiger partial charge on any atom is 0.308 e. The molecule has 2 N–H and O–H groups in total. The van der Waals surface area contributed by atoms with Crippen LogP contribution < -0.4 is 14.8 Å². The van der Waals surface area contributed by atoms with Crippen molar-refractivity contribution in [2.75, 3.05) is 33.9 Å². The van der Waals surface area contributed by atoms with Gasteiger partial charge in [0.05, 0.1) is 26.7 Å². The second-order valence-electron chi connectivity index (χ2n) is 6.43. The number of amides is 2. The molecule has 8 heteroatoms. The van der Waals surface area contributed by atoms with Gasteiger partial charge < -0.3 is 24.8 Å². The number of aliphatic carboxylic acids is 1. The van der Waals surface area contributed by atoms with E-state index in [4.69, 9.17) is 9.47 Å². The van der Waals surface area contributed by atoms with Crippen molar-refractivity contribution in [3.8, 4) is 11.5 Å². The Bertz CT molecular complexity index is 690. The molecule has 0 spiro atoms. The molecule has 0 saturated carbocycles. The minimum Gasteiger partial charge on any atom is -0.493 e. The third kappa shape index (κ3) is 4.65. The van der Waals surface area contributed by atoms with Gasteiger partial charge in [-0.2, -0.15) is 0 Å². The van der Waals surface area contributed by atoms with Gasteiger partial charge in [0.15, 0.2) is 11.5 Å². The molecule has 0 aliphatic carbocycles. The number of benzene rings is 1. The Morgan fingerprint density at radius 3 is 2.50 bits per heavy atom. The highest BCUT2D eigenvalue weighted by atomic mass is 16.5. The van der Waals surface area contributed by atoms with Crippen LogP contribution in [0.25, 0.3) is 0 Å². The molecule has 1 heterocycles. The number of carboxylic acids is 1. The van der Waals surface area contributed by atoms with Gasteiger partial charge >= 0.3 is 5.97 Å². The quantitative estimate of drug-likeness (QED) is 0.780. The maximum absolute atomic E-state index is 12.3. The average Bonchev–Trinajstić information content (AvgIpc) is 2.64. The predicted octanol–water partition coefficient (Wildman–Crippen LogP) is 1.00. The Kier molecular flexibility index (Phi) is 6.43. The SMILES string of the molecule is COc1ccc(C(=O)NCC(=O)N2CC(C)CC(C(=O)O)C2)cc1OC. The lowest BCUT2D eigenvalue weighted by Gasteiger charge is -2.34. The number of nitrogens with zero attached hydrogens (tertiary/aromatic N) is 1. The predicted molar refractivity (Wildman–Crippen MR) is 93.4 cm³/mol. The van der Waals surface area contributed by atoms with Gasteiger partial charge in [-0.05, 0) is 30.5 Å². The summed E-state index contributed by atoms with van der Waals surface area (Å²) in [5, 5.41) is 11.8. The normalized spacial score (nSPS) is 19.6. The number of likely N-dealkylation sites (tertiary alicyclic amines) is 1. The zero-order valence-electron chi connectivity index (χ0n) is 15.2. The van der Waals surface area contributed by atoms with Crippen LogP contribution >= 0.6 is 0 Å². The lowest BCUT2D eigenvalue weighted by Crippen LogP contribution is -2.48. The number of methoxy groups -OCH3 is 2. The Hall–Kier alpha value is -2.77. The van der Waals surface area contributed by atoms with Crippen LogP contribution in [-0.4, -0.2) is 61.6 Å². The average molecular weight is 364 g/mol. The van der Waals surface area contributed by atoms with Gasteiger partial charge in [0.25, 0.3) is 5.91 Å². The van der Waals surface area contributed by atoms with E-state index in [0.29, 0.717) is 30.0 Å². The number of carbonyl (C=O) groups is 3. The van der Waals surface area contributed by atoms with Crippen LogP contribution in [0.1, 0.15) is 23.7 Å². The fraction of sp³-hybridized carbons (Fsp3) is 0.500. The highest BCUT2D eigenvalue weighted by Gasteiger charge is 2.31. The molecular weight excluding hydrogens is 340 g/mol. The largest absolute Gasteiger partial charge is 0.493 e. The Labute approximate surface area is 152 Å². The summed E-state index contributed by atoms with van der Waals surface area (Å²) in [6.07, 6.45) is 0.553. The molecule has 1 aliphatic heterocycles. The molecule has 0 aromatic heterocycles. The number of nitrogens with one attached hydrogen (secondary N) is 1. The Morgan fingerprint density at radius 1 is 1.19 bits per heavy atom. The van der Waals surface area contributed by atoms with Crippen molar-refractivity contribution in [1.29, 1.82) is 0 Å². The number of rotatable bonds is 6. The van der Waals surface area contributed by atoms with Gasteiger partial charge in [0, 0.05) is 18.7 Å². The molecule has 1 fully saturated rings. The number of hydrogen-bond donors (Lipinski definition) is 2. The van der Waals surface area contributed by atoms with Crippen LogP contribution in [0.3, 0.4) is 0 Å². The molecule has 8 nitrogen and oxygen atoms in total. The van der Waals surface area contributed by atoms with E-state index in [1.165, 1.54) is 25.2 Å². The van der Waals surface area contributed by atoms with Gasteiger partial charge in [0.1, 0.15) is 0 Å². The number of ether oxygens (including phenoxy) is 2. The lowest BCUT2D eigenvalue weighted by atomic mass is 9.90. The molecule has 2 amide bonds. The molecule has 0 bridgehead atoms. The topological polar surface area (TPSA) is 105 Å². The lowest BCUT2D eigenvalue weighted by molar-refractivity contribution is -0.146. The first-order valence-corrected chi connectivity index (χ1v) is 8.36. The van der Waals surface area contributed by atoms with Crippen molar-refractivity contribution in [2.45, 2.75) is 13.3 Å². The van der Waals surface area contributed by atoms with Crippen LogP contribution in [-0.2, 0) is 9.59 Å². The van der Waals surface area contributed by atoms with E-state index in [0.717, 1.165) is 0 Å². The summed E-state index contributed by atoms with van der Waals surface area (Å²) in [5.41, 5.74) is 0.339. The van der Waals surface area contributed by atoms with Gasteiger partial charge in [0.2, 0.25) is 5.91 Å². The summed E-state index contributed by atoms with van der Waals surface area (Å²) < 4.78 is 10.3. The maximum atomic E-state index is 12.3. The van der Waals surface area contributed by atoms with Crippen molar-refractivity contribution in [3.63, 3.8) is 0 Å². The molecule has 1 aliphatic rings. The molecule has 1 aromatic carbocycles. The van der Waals surface area contributed by atoms with E-state index >= 15 is 0 Å². The molecule has 1 aromatic rings. The smallest absolute Gasteiger partial charge is 0.308 e. The summed E-state index contributed by atoms with van der Waals surface area (Å²) in [6, 6.07) is 4.71. The standard InChI is InChI=1S/C18H24N2O6/c1-11-6-13(18(23)24)10-20(9-11)16(21)8-19-17(22)12-4-5-14(25-2)15(7-12)26-3/h4-5,7,11,13H,6,8-10H2,1-3H3,(H,19,22)(H,23,24). The zero-order valence-corrected chi connectivity index (χ0v) is 15.2. The first-order valence-electron chi connectivity index (χ1n) is 8.36. The van der Waals surface area contributed by atoms with Gasteiger partial charge in [-0.25, -0.2) is 0 Å². The molecule has 26 heavy (non-hydrogen) atoms. The second-order valence-corrected chi connectivity index (χ2v) is 6.43. The molecule has 2 unspecified atom stereocenters. The molecule has 142 valence electrons. The fourth-order valence-electron chi connectivity index (χ4n) is 3.08. The van der Waals surface area contributed by atoms with E-state index in [2.05, 4.69) is 5.32 Å². The third-order valence-corrected chi connectivity index (χ3v) is 4.41. The van der Waals surface area contributed by atoms with Crippen LogP contribution in [0.5, 0.6) is 11.5 Å². The number of carbonyl (C=O) groups excluding carboxylic acids is 2. The second kappa shape index (κ2) is 8.55. The minimum absolute atomic E-state index is 0.107. The molecule has 0 radical (unpaired) electrons. The molecular formula is C18H24N2O6. The first-order chi connectivity index (χ1) is 12.3. The summed E-state index contributed by atoms with van der Waals surface area (Å²) >= 11 is 0. The summed E-state index contributed by atoms with van der Waals surface area (Å²) in [5.74, 6) is -1.15. The summed E-state index contributed by atoms with van der Waals surface area (Å²) in [4.78, 5) is 37.3. The van der Waals surface area contributed by atoms with E-state index in [-0.39, 0.29) is 24.9 Å². The van der Waals surface area contributed by atoms with Crippen molar-refractivity contribution in [3.05, 3.63) is 23.8 Å². The highest BCUT2D eigenvalue weighted by Crippen LogP contribution is 2.27. The van der Waals surface area contributed by atoms with Crippen molar-refractivity contribution < 1.29 is 29.0 Å². The Morgan fingerprint density at radius 2 is 1.88 bits per heavy atom. The molecule has 2 atom stereocenters. The minimum atomic E-state index is -0.899. The number of hydrogen-bond acceptors (Lipinski definition) is 5. The van der Waals surface area contributed by atoms with Crippen molar-refractivity contribution in [2.24, 2.45) is 11.8 Å². The first kappa shape index (κ1) is 19.6. The number of piperidine rings is 1. The van der Waals surface area contributed by atoms with E-state index < -0.39 is 17.8 Å². The van der Waals surface area contributed by atoms with Gasteiger partial charge in [-0.3, -0.25) is 14.4 Å². The van der Waals surface area contributed by atoms with Crippen LogP contribution in [0.4, 0.5) is 0 Å². The highest BCUT2D eigenvalue weighted by molar-refractivity contribution is 5.97. The van der Waals surface area contributed by atoms with E-state index in [9.17, 15) is 19.5 Å². The van der Waals surface area contributed by atoms with Gasteiger partial charge in [-0.1, -0.05) is 6.92 Å². The number of carboxylic acid groups (broad SMARTS) is 1. The van der Waals surface area contributed by atoms with E-state index in [1.807, 2.05) is 6.92 Å². The van der Waals surface area contributed by atoms with Crippen molar-refractivity contribution in [1.82, 2.24) is 10.2 Å². The zero-order chi connectivity index (χ0) is 19.3. The van der Waals surface area contributed by atoms with Crippen molar-refractivity contribution >= 4 is 17.8 Å². The monoisotopic (exact) mass is 364 g/mol. The van der Waals surface area contributed by atoms with E-state index in [1.54, 1.807) is 12.1 Å². The molecule has 1 saturated heterocycles. The van der Waals surface area contributed by atoms with Crippen LogP contribution in [0, 0.1) is 11.8 Å². The summed E-state index contributed by atoms with van der Waals surface area (Å²) in [6.45, 7) is 2.39.